The third kappa shape index (κ3) is 2.54. The highest BCUT2D eigenvalue weighted by Crippen LogP contribution is 2.38. The minimum Gasteiger partial charge on any atom is -0.378 e. The summed E-state index contributed by atoms with van der Waals surface area (Å²) >= 11 is 6.06. The van der Waals surface area contributed by atoms with Crippen LogP contribution in [0.15, 0.2) is 24.3 Å². The van der Waals surface area contributed by atoms with Crippen molar-refractivity contribution in [2.45, 2.75) is 31.4 Å². The zero-order chi connectivity index (χ0) is 12.3. The Labute approximate surface area is 106 Å². The molecular weight excluding hydrogens is 236 g/mol. The Balaban J connectivity index is 2.04. The van der Waals surface area contributed by atoms with Crippen LogP contribution in [0, 0.1) is 11.3 Å². The van der Waals surface area contributed by atoms with Gasteiger partial charge >= 0.3 is 0 Å². The smallest absolute Gasteiger partial charge is 0.130 e. The number of nitriles is 1. The molecule has 0 aromatic heterocycles. The molecule has 0 unspecified atom stereocenters. The lowest BCUT2D eigenvalue weighted by Gasteiger charge is -2.43. The molecule has 0 amide bonds. The lowest BCUT2D eigenvalue weighted by molar-refractivity contribution is -0.0141. The molecule has 0 saturated heterocycles. The zero-order valence-electron chi connectivity index (χ0n) is 9.74. The van der Waals surface area contributed by atoms with Crippen LogP contribution in [0.4, 0.5) is 5.69 Å². The van der Waals surface area contributed by atoms with Gasteiger partial charge in [0.25, 0.3) is 0 Å². The second kappa shape index (κ2) is 4.95. The molecule has 4 heteroatoms. The summed E-state index contributed by atoms with van der Waals surface area (Å²) in [7, 11) is 0. The van der Waals surface area contributed by atoms with Crippen molar-refractivity contribution in [1.29, 1.82) is 5.26 Å². The summed E-state index contributed by atoms with van der Waals surface area (Å²) in [6, 6.07) is 9.80. The summed E-state index contributed by atoms with van der Waals surface area (Å²) in [5, 5.41) is 13.1. The number of benzene rings is 1. The molecule has 0 heterocycles. The molecule has 0 spiro atoms. The lowest BCUT2D eigenvalue weighted by Crippen LogP contribution is -2.53. The molecule has 0 aliphatic heterocycles. The molecule has 1 aromatic carbocycles. The molecule has 3 nitrogen and oxygen atoms in total. The van der Waals surface area contributed by atoms with E-state index in [0.29, 0.717) is 24.5 Å². The first-order valence-corrected chi connectivity index (χ1v) is 6.12. The second-order valence-corrected chi connectivity index (χ2v) is 4.69. The predicted octanol–water partition coefficient (Wildman–Crippen LogP) is 3.21. The molecule has 1 aromatic rings. The van der Waals surface area contributed by atoms with Crippen LogP contribution >= 0.6 is 11.6 Å². The van der Waals surface area contributed by atoms with Gasteiger partial charge in [0.05, 0.1) is 22.9 Å². The van der Waals surface area contributed by atoms with Crippen LogP contribution in [0.1, 0.15) is 19.8 Å². The molecule has 0 radical (unpaired) electrons. The van der Waals surface area contributed by atoms with E-state index in [4.69, 9.17) is 16.3 Å². The topological polar surface area (TPSA) is 45.0 Å². The Kier molecular flexibility index (Phi) is 3.56. The number of halogens is 1. The first kappa shape index (κ1) is 12.2. The molecule has 1 saturated carbocycles. The molecule has 1 fully saturated rings. The Hall–Kier alpha value is -1.24. The van der Waals surface area contributed by atoms with Gasteiger partial charge in [-0.3, -0.25) is 0 Å². The van der Waals surface area contributed by atoms with Gasteiger partial charge < -0.3 is 10.1 Å². The van der Waals surface area contributed by atoms with Crippen molar-refractivity contribution >= 4 is 17.3 Å². The SMILES string of the molecule is CCOC1CC(C#N)(Nc2ccccc2Cl)C1. The number of para-hydroxylation sites is 1. The fraction of sp³-hybridized carbons (Fsp3) is 0.462. The second-order valence-electron chi connectivity index (χ2n) is 4.28. The first-order chi connectivity index (χ1) is 8.19. The fourth-order valence-electron chi connectivity index (χ4n) is 2.11. The van der Waals surface area contributed by atoms with Crippen molar-refractivity contribution in [1.82, 2.24) is 0 Å². The van der Waals surface area contributed by atoms with E-state index in [0.717, 1.165) is 5.69 Å². The largest absolute Gasteiger partial charge is 0.378 e. The highest BCUT2D eigenvalue weighted by Gasteiger charge is 2.45. The summed E-state index contributed by atoms with van der Waals surface area (Å²) in [5.74, 6) is 0. The number of nitrogens with one attached hydrogen (secondary N) is 1. The molecule has 1 aliphatic rings. The summed E-state index contributed by atoms with van der Waals surface area (Å²) in [5.41, 5.74) is 0.288. The van der Waals surface area contributed by atoms with Crippen LogP contribution < -0.4 is 5.32 Å². The van der Waals surface area contributed by atoms with Gasteiger partial charge in [0, 0.05) is 19.4 Å². The average Bonchev–Trinajstić information content (AvgIpc) is 2.29. The van der Waals surface area contributed by atoms with Crippen molar-refractivity contribution in [3.05, 3.63) is 29.3 Å². The van der Waals surface area contributed by atoms with Crippen LogP contribution in [0.25, 0.3) is 0 Å². The van der Waals surface area contributed by atoms with Gasteiger partial charge in [-0.15, -0.1) is 0 Å². The molecular formula is C13H15ClN2O. The summed E-state index contributed by atoms with van der Waals surface area (Å²) in [6.07, 6.45) is 1.61. The summed E-state index contributed by atoms with van der Waals surface area (Å²) < 4.78 is 5.48. The maximum Gasteiger partial charge on any atom is 0.130 e. The molecule has 1 aliphatic carbocycles. The Morgan fingerprint density at radius 1 is 1.53 bits per heavy atom. The van der Waals surface area contributed by atoms with Crippen LogP contribution in [-0.2, 0) is 4.74 Å². The maximum atomic E-state index is 9.26. The third-order valence-corrected chi connectivity index (χ3v) is 3.35. The minimum atomic E-state index is -0.523. The van der Waals surface area contributed by atoms with Crippen molar-refractivity contribution in [2.75, 3.05) is 11.9 Å². The molecule has 17 heavy (non-hydrogen) atoms. The van der Waals surface area contributed by atoms with Gasteiger partial charge in [-0.05, 0) is 19.1 Å². The van der Waals surface area contributed by atoms with E-state index in [1.165, 1.54) is 0 Å². The van der Waals surface area contributed by atoms with Crippen molar-refractivity contribution < 1.29 is 4.74 Å². The number of rotatable bonds is 4. The quantitative estimate of drug-likeness (QED) is 0.893. The number of ether oxygens (including phenoxy) is 1. The number of nitrogens with zero attached hydrogens (tertiary/aromatic N) is 1. The standard InChI is InChI=1S/C13H15ClN2O/c1-2-17-10-7-13(8-10,9-15)16-12-6-4-3-5-11(12)14/h3-6,10,16H,2,7-8H2,1H3. The number of anilines is 1. The van der Waals surface area contributed by atoms with Gasteiger partial charge in [0.2, 0.25) is 0 Å². The van der Waals surface area contributed by atoms with Gasteiger partial charge in [-0.25, -0.2) is 0 Å². The maximum absolute atomic E-state index is 9.26. The van der Waals surface area contributed by atoms with Crippen molar-refractivity contribution in [2.24, 2.45) is 0 Å². The van der Waals surface area contributed by atoms with E-state index in [2.05, 4.69) is 11.4 Å². The summed E-state index contributed by atoms with van der Waals surface area (Å²) in [6.45, 7) is 2.66. The Morgan fingerprint density at radius 3 is 2.82 bits per heavy atom. The normalized spacial score (nSPS) is 27.0. The monoisotopic (exact) mass is 250 g/mol. The first-order valence-electron chi connectivity index (χ1n) is 5.75. The average molecular weight is 251 g/mol. The highest BCUT2D eigenvalue weighted by atomic mass is 35.5. The molecule has 0 atom stereocenters. The van der Waals surface area contributed by atoms with Crippen molar-refractivity contribution in [3.63, 3.8) is 0 Å². The predicted molar refractivity (Wildman–Crippen MR) is 68.1 cm³/mol. The van der Waals surface area contributed by atoms with Gasteiger partial charge in [0.1, 0.15) is 5.54 Å². The van der Waals surface area contributed by atoms with E-state index in [1.54, 1.807) is 0 Å². The molecule has 1 N–H and O–H groups in total. The van der Waals surface area contributed by atoms with E-state index in [9.17, 15) is 5.26 Å². The van der Waals surface area contributed by atoms with Crippen LogP contribution in [0.5, 0.6) is 0 Å². The lowest BCUT2D eigenvalue weighted by atomic mass is 9.75. The van der Waals surface area contributed by atoms with Crippen LogP contribution in [0.2, 0.25) is 5.02 Å². The van der Waals surface area contributed by atoms with Crippen LogP contribution in [0.3, 0.4) is 0 Å². The fourth-order valence-corrected chi connectivity index (χ4v) is 2.30. The number of hydrogen-bond donors (Lipinski definition) is 1. The Morgan fingerprint density at radius 2 is 2.24 bits per heavy atom. The zero-order valence-corrected chi connectivity index (χ0v) is 10.5. The van der Waals surface area contributed by atoms with E-state index >= 15 is 0 Å². The minimum absolute atomic E-state index is 0.189. The summed E-state index contributed by atoms with van der Waals surface area (Å²) in [4.78, 5) is 0. The third-order valence-electron chi connectivity index (χ3n) is 3.02. The highest BCUT2D eigenvalue weighted by molar-refractivity contribution is 6.33. The van der Waals surface area contributed by atoms with Crippen LogP contribution in [-0.4, -0.2) is 18.2 Å². The molecule has 0 bridgehead atoms. The van der Waals surface area contributed by atoms with Gasteiger partial charge in [0.15, 0.2) is 0 Å². The molecule has 90 valence electrons. The van der Waals surface area contributed by atoms with Gasteiger partial charge in [-0.1, -0.05) is 23.7 Å². The van der Waals surface area contributed by atoms with Gasteiger partial charge in [-0.2, -0.15) is 5.26 Å². The van der Waals surface area contributed by atoms with E-state index in [-0.39, 0.29) is 6.10 Å². The van der Waals surface area contributed by atoms with Crippen molar-refractivity contribution in [3.8, 4) is 6.07 Å². The van der Waals surface area contributed by atoms with E-state index in [1.807, 2.05) is 31.2 Å². The Bertz CT molecular complexity index is 435. The number of hydrogen-bond acceptors (Lipinski definition) is 3. The molecule has 2 rings (SSSR count). The van der Waals surface area contributed by atoms with E-state index < -0.39 is 5.54 Å².